The van der Waals surface area contributed by atoms with Crippen LogP contribution in [0.25, 0.3) is 11.3 Å². The van der Waals surface area contributed by atoms with Gasteiger partial charge in [0.05, 0.1) is 18.8 Å². The molecule has 0 bridgehead atoms. The van der Waals surface area contributed by atoms with Crippen LogP contribution in [0.2, 0.25) is 0 Å². The van der Waals surface area contributed by atoms with Crippen molar-refractivity contribution in [3.8, 4) is 11.3 Å². The van der Waals surface area contributed by atoms with Crippen molar-refractivity contribution in [2.45, 2.75) is 33.9 Å². The van der Waals surface area contributed by atoms with Crippen LogP contribution in [0, 0.1) is 19.7 Å². The van der Waals surface area contributed by atoms with Crippen molar-refractivity contribution in [1.82, 2.24) is 25.8 Å². The predicted molar refractivity (Wildman–Crippen MR) is 144 cm³/mol. The molecular weight excluding hydrogens is 487 g/mol. The summed E-state index contributed by atoms with van der Waals surface area (Å²) >= 11 is 0. The number of fused-ring (bicyclic) bond motifs is 1. The fourth-order valence-corrected chi connectivity index (χ4v) is 4.52. The van der Waals surface area contributed by atoms with Gasteiger partial charge in [0.25, 0.3) is 5.91 Å². The second-order valence-corrected chi connectivity index (χ2v) is 9.51. The number of amides is 2. The van der Waals surface area contributed by atoms with Crippen LogP contribution in [0.15, 0.2) is 47.0 Å². The van der Waals surface area contributed by atoms with E-state index < -0.39 is 0 Å². The summed E-state index contributed by atoms with van der Waals surface area (Å²) in [4.78, 5) is 28.1. The number of nitrogens with zero attached hydrogens (tertiary/aromatic N) is 4. The first-order valence-electron chi connectivity index (χ1n) is 12.8. The molecule has 2 heterocycles. The lowest BCUT2D eigenvalue weighted by molar-refractivity contribution is -0.145. The minimum Gasteiger partial charge on any atom is -0.356 e. The predicted octanol–water partition coefficient (Wildman–Crippen LogP) is 3.02. The molecule has 0 atom stereocenters. The van der Waals surface area contributed by atoms with Crippen LogP contribution in [0.4, 0.5) is 10.1 Å². The Bertz CT molecular complexity index is 1290. The van der Waals surface area contributed by atoms with Gasteiger partial charge in [-0.15, -0.1) is 0 Å². The Hall–Kier alpha value is -3.76. The van der Waals surface area contributed by atoms with Crippen molar-refractivity contribution in [2.24, 2.45) is 0 Å². The van der Waals surface area contributed by atoms with E-state index >= 15 is 0 Å². The van der Waals surface area contributed by atoms with E-state index in [0.717, 1.165) is 34.6 Å². The summed E-state index contributed by atoms with van der Waals surface area (Å²) in [7, 11) is 1.68. The maximum Gasteiger partial charge on any atom is 0.256 e. The first kappa shape index (κ1) is 27.3. The van der Waals surface area contributed by atoms with E-state index in [1.807, 2.05) is 56.1 Å². The molecule has 2 aromatic carbocycles. The van der Waals surface area contributed by atoms with Crippen molar-refractivity contribution in [2.75, 3.05) is 44.7 Å². The van der Waals surface area contributed by atoms with Gasteiger partial charge in [0, 0.05) is 56.1 Å². The van der Waals surface area contributed by atoms with Crippen LogP contribution in [-0.2, 0) is 22.7 Å². The number of hydrogen-bond donors (Lipinski definition) is 2. The Kier molecular flexibility index (Phi) is 8.75. The molecule has 1 aromatic heterocycles. The van der Waals surface area contributed by atoms with Gasteiger partial charge in [0.2, 0.25) is 5.91 Å². The van der Waals surface area contributed by atoms with Crippen LogP contribution < -0.4 is 15.5 Å². The van der Waals surface area contributed by atoms with Crippen molar-refractivity contribution in [3.05, 3.63) is 70.7 Å². The fourth-order valence-electron chi connectivity index (χ4n) is 4.52. The van der Waals surface area contributed by atoms with Crippen LogP contribution in [0.3, 0.4) is 0 Å². The molecule has 2 amide bonds. The lowest BCUT2D eigenvalue weighted by atomic mass is 10.1. The molecule has 0 aliphatic carbocycles. The third-order valence-electron chi connectivity index (χ3n) is 6.69. The van der Waals surface area contributed by atoms with E-state index in [4.69, 9.17) is 4.52 Å². The minimum atomic E-state index is -0.267. The monoisotopic (exact) mass is 522 g/mol. The summed E-state index contributed by atoms with van der Waals surface area (Å²) in [6.07, 6.45) is 0. The molecule has 38 heavy (non-hydrogen) atoms. The van der Waals surface area contributed by atoms with Gasteiger partial charge in [-0.05, 0) is 43.7 Å². The van der Waals surface area contributed by atoms with Crippen LogP contribution in [0.1, 0.15) is 29.3 Å². The molecule has 202 valence electrons. The number of aryl methyl sites for hydroxylation is 2. The smallest absolute Gasteiger partial charge is 0.256 e. The Balaban J connectivity index is 1.54. The van der Waals surface area contributed by atoms with E-state index in [-0.39, 0.29) is 30.7 Å². The average molecular weight is 523 g/mol. The highest BCUT2D eigenvalue weighted by Gasteiger charge is 2.28. The lowest BCUT2D eigenvalue weighted by Gasteiger charge is -2.32. The highest BCUT2D eigenvalue weighted by Crippen LogP contribution is 2.29. The molecular formula is C28H35FN6O3. The first-order chi connectivity index (χ1) is 18.3. The van der Waals surface area contributed by atoms with E-state index in [2.05, 4.69) is 15.8 Å². The van der Waals surface area contributed by atoms with Crippen molar-refractivity contribution < 1.29 is 18.5 Å². The number of hydrazine groups is 1. The number of carbonyl (C=O) groups excluding carboxylic acids is 2. The van der Waals surface area contributed by atoms with E-state index in [9.17, 15) is 14.0 Å². The number of rotatable bonds is 11. The zero-order valence-electron chi connectivity index (χ0n) is 22.4. The number of hydrogen-bond acceptors (Lipinski definition) is 7. The SMILES string of the molecule is CCNCCNC(=O)CN(CC(=O)N(C)N1Cc2cccc(F)c2C1)c1cc(-c2cc(C)no2)ccc1C. The molecule has 2 N–H and O–H groups in total. The van der Waals surface area contributed by atoms with Crippen molar-refractivity contribution >= 4 is 17.5 Å². The van der Waals surface area contributed by atoms with Gasteiger partial charge in [0.15, 0.2) is 5.76 Å². The number of benzene rings is 2. The van der Waals surface area contributed by atoms with E-state index in [0.29, 0.717) is 37.5 Å². The normalized spacial score (nSPS) is 12.9. The molecule has 0 saturated carbocycles. The van der Waals surface area contributed by atoms with Crippen molar-refractivity contribution in [1.29, 1.82) is 0 Å². The Morgan fingerprint density at radius 3 is 2.63 bits per heavy atom. The van der Waals surface area contributed by atoms with Gasteiger partial charge in [-0.1, -0.05) is 36.3 Å². The second-order valence-electron chi connectivity index (χ2n) is 9.51. The summed E-state index contributed by atoms with van der Waals surface area (Å²) in [5.41, 5.74) is 4.70. The third kappa shape index (κ3) is 6.38. The van der Waals surface area contributed by atoms with E-state index in [1.54, 1.807) is 18.0 Å². The summed E-state index contributed by atoms with van der Waals surface area (Å²) in [5.74, 6) is -0.0517. The van der Waals surface area contributed by atoms with Crippen LogP contribution in [0.5, 0.6) is 0 Å². The highest BCUT2D eigenvalue weighted by molar-refractivity contribution is 5.87. The molecule has 0 saturated heterocycles. The topological polar surface area (TPSA) is 93.9 Å². The summed E-state index contributed by atoms with van der Waals surface area (Å²) in [5, 5.41) is 13.4. The minimum absolute atomic E-state index is 0.000282. The molecule has 0 spiro atoms. The standard InChI is InChI=1S/C28H35FN6O3/c1-5-30-11-12-31-27(36)17-34(25-14-21(10-9-19(25)2)26-13-20(3)32-38-26)18-28(37)33(4)35-15-22-7-6-8-24(29)23(22)16-35/h6-10,13-14,30H,5,11-12,15-18H2,1-4H3,(H,31,36). The Morgan fingerprint density at radius 2 is 1.92 bits per heavy atom. The molecule has 0 fully saturated rings. The first-order valence-corrected chi connectivity index (χ1v) is 12.8. The summed E-state index contributed by atoms with van der Waals surface area (Å²) in [6, 6.07) is 12.6. The fraction of sp³-hybridized carbons (Fsp3) is 0.393. The molecule has 9 nitrogen and oxygen atoms in total. The molecule has 1 aliphatic heterocycles. The number of carbonyl (C=O) groups is 2. The summed E-state index contributed by atoms with van der Waals surface area (Å²) in [6.45, 7) is 8.49. The quantitative estimate of drug-likeness (QED) is 0.374. The largest absolute Gasteiger partial charge is 0.356 e. The molecule has 0 unspecified atom stereocenters. The molecule has 3 aromatic rings. The number of anilines is 1. The zero-order chi connectivity index (χ0) is 27.2. The van der Waals surface area contributed by atoms with Gasteiger partial charge < -0.3 is 20.1 Å². The lowest BCUT2D eigenvalue weighted by Crippen LogP contribution is -2.48. The van der Waals surface area contributed by atoms with Gasteiger partial charge in [-0.3, -0.25) is 14.6 Å². The highest BCUT2D eigenvalue weighted by atomic mass is 19.1. The molecule has 1 aliphatic rings. The van der Waals surface area contributed by atoms with Gasteiger partial charge >= 0.3 is 0 Å². The van der Waals surface area contributed by atoms with Gasteiger partial charge in [-0.25, -0.2) is 9.40 Å². The molecule has 0 radical (unpaired) electrons. The zero-order valence-corrected chi connectivity index (χ0v) is 22.4. The second kappa shape index (κ2) is 12.2. The number of aromatic nitrogens is 1. The summed E-state index contributed by atoms with van der Waals surface area (Å²) < 4.78 is 19.7. The average Bonchev–Trinajstić information content (AvgIpc) is 3.53. The number of likely N-dealkylation sites (N-methyl/N-ethyl adjacent to an activating group) is 2. The van der Waals surface area contributed by atoms with Crippen molar-refractivity contribution in [3.63, 3.8) is 0 Å². The van der Waals surface area contributed by atoms with Crippen LogP contribution >= 0.6 is 0 Å². The Labute approximate surface area is 222 Å². The molecule has 10 heteroatoms. The van der Waals surface area contributed by atoms with Gasteiger partial charge in [-0.2, -0.15) is 0 Å². The third-order valence-corrected chi connectivity index (χ3v) is 6.69. The maximum absolute atomic E-state index is 14.3. The van der Waals surface area contributed by atoms with Gasteiger partial charge in [0.1, 0.15) is 5.82 Å². The van der Waals surface area contributed by atoms with Crippen LogP contribution in [-0.4, -0.2) is 66.8 Å². The molecule has 4 rings (SSSR count). The number of nitrogens with one attached hydrogen (secondary N) is 2. The Morgan fingerprint density at radius 1 is 1.11 bits per heavy atom. The maximum atomic E-state index is 14.3. The number of halogens is 1. The van der Waals surface area contributed by atoms with E-state index in [1.165, 1.54) is 11.1 Å².